The van der Waals surface area contributed by atoms with Crippen LogP contribution in [0.3, 0.4) is 0 Å². The maximum absolute atomic E-state index is 3.36. The number of hydrogen-bond acceptors (Lipinski definition) is 3. The first-order chi connectivity index (χ1) is 8.63. The smallest absolute Gasteiger partial charge is 0.0328 e. The van der Waals surface area contributed by atoms with Gasteiger partial charge in [-0.15, -0.1) is 11.3 Å². The van der Waals surface area contributed by atoms with Crippen LogP contribution < -0.4 is 5.32 Å². The number of nitrogens with one attached hydrogen (secondary N) is 1. The minimum atomic E-state index is 0.386. The Hall–Kier alpha value is -0.380. The van der Waals surface area contributed by atoms with Crippen LogP contribution in [0.15, 0.2) is 17.5 Å². The number of rotatable bonds is 9. The van der Waals surface area contributed by atoms with Crippen molar-refractivity contribution < 1.29 is 0 Å². The van der Waals surface area contributed by atoms with Crippen molar-refractivity contribution in [3.8, 4) is 0 Å². The molecular weight excluding hydrogens is 240 g/mol. The summed E-state index contributed by atoms with van der Waals surface area (Å²) in [5.41, 5.74) is 0.386. The quantitative estimate of drug-likeness (QED) is 0.736. The molecule has 18 heavy (non-hydrogen) atoms. The van der Waals surface area contributed by atoms with Crippen LogP contribution in [-0.4, -0.2) is 31.6 Å². The van der Waals surface area contributed by atoms with E-state index in [1.165, 1.54) is 24.3 Å². The van der Waals surface area contributed by atoms with E-state index in [0.717, 1.165) is 19.6 Å². The third kappa shape index (κ3) is 5.09. The second-order valence-electron chi connectivity index (χ2n) is 5.47. The molecule has 0 saturated heterocycles. The van der Waals surface area contributed by atoms with E-state index in [-0.39, 0.29) is 0 Å². The van der Waals surface area contributed by atoms with Crippen molar-refractivity contribution in [1.82, 2.24) is 10.2 Å². The summed E-state index contributed by atoms with van der Waals surface area (Å²) < 4.78 is 0. The molecule has 3 heteroatoms. The van der Waals surface area contributed by atoms with Gasteiger partial charge >= 0.3 is 0 Å². The first-order valence-corrected chi connectivity index (χ1v) is 7.91. The molecule has 1 aromatic rings. The summed E-state index contributed by atoms with van der Waals surface area (Å²) in [6.07, 6.45) is 2.55. The van der Waals surface area contributed by atoms with Gasteiger partial charge in [0.15, 0.2) is 0 Å². The Morgan fingerprint density at radius 3 is 2.67 bits per heavy atom. The van der Waals surface area contributed by atoms with Gasteiger partial charge in [0.2, 0.25) is 0 Å². The number of nitrogens with zero attached hydrogens (tertiary/aromatic N) is 1. The highest BCUT2D eigenvalue weighted by molar-refractivity contribution is 7.09. The second kappa shape index (κ2) is 7.93. The number of thiophene rings is 1. The van der Waals surface area contributed by atoms with Crippen molar-refractivity contribution in [3.63, 3.8) is 0 Å². The maximum atomic E-state index is 3.36. The molecular formula is C15H28N2S. The van der Waals surface area contributed by atoms with Crippen LogP contribution in [0.5, 0.6) is 0 Å². The van der Waals surface area contributed by atoms with Crippen LogP contribution in [0.4, 0.5) is 0 Å². The molecule has 0 fully saturated rings. The third-order valence-electron chi connectivity index (χ3n) is 3.47. The monoisotopic (exact) mass is 268 g/mol. The molecule has 2 nitrogen and oxygen atoms in total. The standard InChI is InChI=1S/C15H28N2S/c1-5-9-15(3,12-16-4)13-17(6-2)11-14-8-7-10-18-14/h7-8,10,16H,5-6,9,11-13H2,1-4H3. The second-order valence-corrected chi connectivity index (χ2v) is 6.51. The average Bonchev–Trinajstić information content (AvgIpc) is 2.81. The maximum Gasteiger partial charge on any atom is 0.0328 e. The van der Waals surface area contributed by atoms with E-state index in [2.05, 4.69) is 55.5 Å². The largest absolute Gasteiger partial charge is 0.319 e. The van der Waals surface area contributed by atoms with Crippen LogP contribution in [0.2, 0.25) is 0 Å². The Balaban J connectivity index is 2.58. The van der Waals surface area contributed by atoms with E-state index < -0.39 is 0 Å². The minimum Gasteiger partial charge on any atom is -0.319 e. The normalized spacial score (nSPS) is 14.9. The van der Waals surface area contributed by atoms with Crippen LogP contribution in [0.1, 0.15) is 38.5 Å². The summed E-state index contributed by atoms with van der Waals surface area (Å²) in [6, 6.07) is 4.38. The highest BCUT2D eigenvalue weighted by Crippen LogP contribution is 2.25. The molecule has 1 rings (SSSR count). The lowest BCUT2D eigenvalue weighted by Crippen LogP contribution is -2.41. The molecule has 0 aromatic carbocycles. The average molecular weight is 268 g/mol. The van der Waals surface area contributed by atoms with E-state index >= 15 is 0 Å². The summed E-state index contributed by atoms with van der Waals surface area (Å²) in [5, 5.41) is 5.53. The zero-order chi connectivity index (χ0) is 13.4. The predicted molar refractivity (Wildman–Crippen MR) is 82.2 cm³/mol. The van der Waals surface area contributed by atoms with Crippen LogP contribution in [0, 0.1) is 5.41 Å². The van der Waals surface area contributed by atoms with Crippen LogP contribution >= 0.6 is 11.3 Å². The lowest BCUT2D eigenvalue weighted by atomic mass is 9.84. The van der Waals surface area contributed by atoms with Gasteiger partial charge in [0, 0.05) is 24.5 Å². The van der Waals surface area contributed by atoms with Gasteiger partial charge in [-0.05, 0) is 36.9 Å². The molecule has 0 radical (unpaired) electrons. The van der Waals surface area contributed by atoms with Gasteiger partial charge in [0.25, 0.3) is 0 Å². The first-order valence-electron chi connectivity index (χ1n) is 7.03. The van der Waals surface area contributed by atoms with Crippen molar-refractivity contribution in [2.75, 3.05) is 26.7 Å². The van der Waals surface area contributed by atoms with Crippen molar-refractivity contribution in [2.45, 2.75) is 40.2 Å². The predicted octanol–water partition coefficient (Wildman–Crippen LogP) is 3.60. The molecule has 0 aliphatic heterocycles. The van der Waals surface area contributed by atoms with Gasteiger partial charge in [0.1, 0.15) is 0 Å². The van der Waals surface area contributed by atoms with E-state index in [4.69, 9.17) is 0 Å². The van der Waals surface area contributed by atoms with Crippen molar-refractivity contribution >= 4 is 11.3 Å². The molecule has 1 atom stereocenters. The fourth-order valence-corrected chi connectivity index (χ4v) is 3.44. The Bertz CT molecular complexity index is 302. The molecule has 0 bridgehead atoms. The molecule has 1 N–H and O–H groups in total. The SMILES string of the molecule is CCCC(C)(CNC)CN(CC)Cc1cccs1. The topological polar surface area (TPSA) is 15.3 Å². The molecule has 0 aliphatic rings. The van der Waals surface area contributed by atoms with Crippen molar-refractivity contribution in [2.24, 2.45) is 5.41 Å². The van der Waals surface area contributed by atoms with Gasteiger partial charge in [-0.1, -0.05) is 33.3 Å². The van der Waals surface area contributed by atoms with Crippen LogP contribution in [0.25, 0.3) is 0 Å². The lowest BCUT2D eigenvalue weighted by molar-refractivity contribution is 0.152. The molecule has 0 spiro atoms. The van der Waals surface area contributed by atoms with E-state index in [1.807, 2.05) is 11.3 Å². The van der Waals surface area contributed by atoms with Gasteiger partial charge in [0.05, 0.1) is 0 Å². The molecule has 0 amide bonds. The molecule has 1 unspecified atom stereocenters. The fourth-order valence-electron chi connectivity index (χ4n) is 2.70. The van der Waals surface area contributed by atoms with Crippen molar-refractivity contribution in [3.05, 3.63) is 22.4 Å². The van der Waals surface area contributed by atoms with Gasteiger partial charge < -0.3 is 5.32 Å². The Kier molecular flexibility index (Phi) is 6.90. The van der Waals surface area contributed by atoms with Gasteiger partial charge in [-0.25, -0.2) is 0 Å². The Labute approximate surface area is 116 Å². The Morgan fingerprint density at radius 1 is 1.39 bits per heavy atom. The summed E-state index contributed by atoms with van der Waals surface area (Å²) in [7, 11) is 2.06. The molecule has 0 saturated carbocycles. The molecule has 1 aromatic heterocycles. The molecule has 104 valence electrons. The highest BCUT2D eigenvalue weighted by Gasteiger charge is 2.25. The zero-order valence-electron chi connectivity index (χ0n) is 12.3. The number of hydrogen-bond donors (Lipinski definition) is 1. The summed E-state index contributed by atoms with van der Waals surface area (Å²) >= 11 is 1.86. The van der Waals surface area contributed by atoms with Gasteiger partial charge in [-0.3, -0.25) is 4.90 Å². The Morgan fingerprint density at radius 2 is 2.17 bits per heavy atom. The van der Waals surface area contributed by atoms with Crippen molar-refractivity contribution in [1.29, 1.82) is 0 Å². The lowest BCUT2D eigenvalue weighted by Gasteiger charge is -2.35. The van der Waals surface area contributed by atoms with E-state index in [0.29, 0.717) is 5.41 Å². The summed E-state index contributed by atoms with van der Waals surface area (Å²) in [4.78, 5) is 4.04. The minimum absolute atomic E-state index is 0.386. The van der Waals surface area contributed by atoms with E-state index in [1.54, 1.807) is 0 Å². The van der Waals surface area contributed by atoms with Crippen LogP contribution in [-0.2, 0) is 6.54 Å². The van der Waals surface area contributed by atoms with Gasteiger partial charge in [-0.2, -0.15) is 0 Å². The molecule has 0 aliphatic carbocycles. The zero-order valence-corrected chi connectivity index (χ0v) is 13.1. The van der Waals surface area contributed by atoms with E-state index in [9.17, 15) is 0 Å². The third-order valence-corrected chi connectivity index (χ3v) is 4.33. The summed E-state index contributed by atoms with van der Waals surface area (Å²) in [6.45, 7) is 11.4. The molecule has 1 heterocycles. The fraction of sp³-hybridized carbons (Fsp3) is 0.733. The first kappa shape index (κ1) is 15.7. The highest BCUT2D eigenvalue weighted by atomic mass is 32.1. The summed E-state index contributed by atoms with van der Waals surface area (Å²) in [5.74, 6) is 0.